The Labute approximate surface area is 107 Å². The Morgan fingerprint density at radius 3 is 2.33 bits per heavy atom. The molecule has 1 aromatic heterocycles. The van der Waals surface area contributed by atoms with Gasteiger partial charge in [-0.2, -0.15) is 0 Å². The van der Waals surface area contributed by atoms with Crippen molar-refractivity contribution < 1.29 is 0 Å². The summed E-state index contributed by atoms with van der Waals surface area (Å²) in [6.07, 6.45) is 6.29. The van der Waals surface area contributed by atoms with Crippen molar-refractivity contribution in [3.63, 3.8) is 0 Å². The zero-order chi connectivity index (χ0) is 12.4. The number of rotatable bonds is 4. The number of nitrogen functional groups attached to an aromatic ring is 1. The first-order valence-corrected chi connectivity index (χ1v) is 6.34. The van der Waals surface area contributed by atoms with Gasteiger partial charge in [-0.15, -0.1) is 0 Å². The molecule has 2 aromatic rings. The molecule has 3 heteroatoms. The third-order valence-electron chi connectivity index (χ3n) is 3.31. The van der Waals surface area contributed by atoms with Crippen LogP contribution in [0.25, 0.3) is 0 Å². The summed E-state index contributed by atoms with van der Waals surface area (Å²) in [6, 6.07) is 13.0. The van der Waals surface area contributed by atoms with Gasteiger partial charge in [-0.25, -0.2) is 0 Å². The number of nitrogens with zero attached hydrogens (tertiary/aromatic N) is 2. The highest BCUT2D eigenvalue weighted by atomic mass is 15.2. The zero-order valence-electron chi connectivity index (χ0n) is 10.3. The van der Waals surface area contributed by atoms with Crippen molar-refractivity contribution in [1.82, 2.24) is 4.98 Å². The molecule has 0 spiro atoms. The van der Waals surface area contributed by atoms with Crippen molar-refractivity contribution in [3.05, 3.63) is 54.4 Å². The maximum Gasteiger partial charge on any atom is 0.0432 e. The number of pyridine rings is 1. The Kier molecular flexibility index (Phi) is 2.89. The van der Waals surface area contributed by atoms with Crippen LogP contribution < -0.4 is 10.6 Å². The van der Waals surface area contributed by atoms with Crippen LogP contribution >= 0.6 is 0 Å². The van der Waals surface area contributed by atoms with Gasteiger partial charge in [0, 0.05) is 36.4 Å². The predicted molar refractivity (Wildman–Crippen MR) is 74.3 cm³/mol. The van der Waals surface area contributed by atoms with Gasteiger partial charge in [-0.05, 0) is 42.7 Å². The standard InChI is InChI=1S/C15H17N3/c16-13-3-1-12(2-4-13)11-18(14-5-6-14)15-7-9-17-10-8-15/h1-4,7-10,14H,5-6,11,16H2. The quantitative estimate of drug-likeness (QED) is 0.834. The van der Waals surface area contributed by atoms with E-state index < -0.39 is 0 Å². The number of hydrogen-bond donors (Lipinski definition) is 1. The molecule has 0 amide bonds. The molecule has 0 unspecified atom stereocenters. The lowest BCUT2D eigenvalue weighted by Crippen LogP contribution is -2.24. The van der Waals surface area contributed by atoms with E-state index in [0.717, 1.165) is 12.2 Å². The fourth-order valence-electron chi connectivity index (χ4n) is 2.17. The number of hydrogen-bond acceptors (Lipinski definition) is 3. The van der Waals surface area contributed by atoms with Gasteiger partial charge in [-0.3, -0.25) is 4.98 Å². The molecule has 92 valence electrons. The second-order valence-electron chi connectivity index (χ2n) is 4.81. The highest BCUT2D eigenvalue weighted by Crippen LogP contribution is 2.32. The minimum Gasteiger partial charge on any atom is -0.399 e. The van der Waals surface area contributed by atoms with Crippen molar-refractivity contribution in [2.45, 2.75) is 25.4 Å². The fraction of sp³-hybridized carbons (Fsp3) is 0.267. The Balaban J connectivity index is 1.81. The molecule has 1 aliphatic carbocycles. The normalized spacial score (nSPS) is 14.4. The van der Waals surface area contributed by atoms with Crippen LogP contribution in [0.3, 0.4) is 0 Å². The molecule has 1 heterocycles. The highest BCUT2D eigenvalue weighted by molar-refractivity contribution is 5.48. The molecule has 1 aromatic carbocycles. The zero-order valence-corrected chi connectivity index (χ0v) is 10.3. The summed E-state index contributed by atoms with van der Waals surface area (Å²) in [5, 5.41) is 0. The van der Waals surface area contributed by atoms with E-state index in [2.05, 4.69) is 34.1 Å². The molecule has 0 radical (unpaired) electrons. The summed E-state index contributed by atoms with van der Waals surface area (Å²) in [4.78, 5) is 6.53. The van der Waals surface area contributed by atoms with Crippen molar-refractivity contribution >= 4 is 11.4 Å². The maximum absolute atomic E-state index is 5.72. The summed E-state index contributed by atoms with van der Waals surface area (Å²) < 4.78 is 0. The SMILES string of the molecule is Nc1ccc(CN(c2ccncc2)C2CC2)cc1. The molecular weight excluding hydrogens is 222 g/mol. The number of aromatic nitrogens is 1. The van der Waals surface area contributed by atoms with E-state index in [1.54, 1.807) is 0 Å². The van der Waals surface area contributed by atoms with E-state index in [1.807, 2.05) is 24.5 Å². The Morgan fingerprint density at radius 2 is 1.72 bits per heavy atom. The van der Waals surface area contributed by atoms with Crippen molar-refractivity contribution in [1.29, 1.82) is 0 Å². The lowest BCUT2D eigenvalue weighted by atomic mass is 10.2. The van der Waals surface area contributed by atoms with Crippen LogP contribution in [0.4, 0.5) is 11.4 Å². The maximum atomic E-state index is 5.72. The van der Waals surface area contributed by atoms with E-state index in [4.69, 9.17) is 5.73 Å². The summed E-state index contributed by atoms with van der Waals surface area (Å²) in [5.74, 6) is 0. The van der Waals surface area contributed by atoms with E-state index in [1.165, 1.54) is 24.1 Å². The van der Waals surface area contributed by atoms with Gasteiger partial charge in [0.25, 0.3) is 0 Å². The van der Waals surface area contributed by atoms with Gasteiger partial charge in [0.2, 0.25) is 0 Å². The van der Waals surface area contributed by atoms with E-state index in [0.29, 0.717) is 6.04 Å². The molecule has 18 heavy (non-hydrogen) atoms. The number of anilines is 2. The smallest absolute Gasteiger partial charge is 0.0432 e. The van der Waals surface area contributed by atoms with Crippen LogP contribution in [-0.2, 0) is 6.54 Å². The molecule has 0 atom stereocenters. The van der Waals surface area contributed by atoms with Crippen LogP contribution in [0, 0.1) is 0 Å². The molecule has 0 aliphatic heterocycles. The molecular formula is C15H17N3. The molecule has 2 N–H and O–H groups in total. The Hall–Kier alpha value is -2.03. The van der Waals surface area contributed by atoms with Gasteiger partial charge < -0.3 is 10.6 Å². The third kappa shape index (κ3) is 2.45. The molecule has 0 bridgehead atoms. The van der Waals surface area contributed by atoms with Crippen LogP contribution in [0.15, 0.2) is 48.8 Å². The lowest BCUT2D eigenvalue weighted by molar-refractivity contribution is 0.793. The van der Waals surface area contributed by atoms with Crippen LogP contribution in [0.5, 0.6) is 0 Å². The Morgan fingerprint density at radius 1 is 1.06 bits per heavy atom. The highest BCUT2D eigenvalue weighted by Gasteiger charge is 2.29. The van der Waals surface area contributed by atoms with E-state index >= 15 is 0 Å². The van der Waals surface area contributed by atoms with Gasteiger partial charge in [0.1, 0.15) is 0 Å². The summed E-state index contributed by atoms with van der Waals surface area (Å²) in [6.45, 7) is 0.939. The largest absolute Gasteiger partial charge is 0.399 e. The van der Waals surface area contributed by atoms with Gasteiger partial charge in [0.05, 0.1) is 0 Å². The molecule has 3 rings (SSSR count). The Bertz CT molecular complexity index is 503. The first-order chi connectivity index (χ1) is 8.83. The van der Waals surface area contributed by atoms with Crippen molar-refractivity contribution in [3.8, 4) is 0 Å². The third-order valence-corrected chi connectivity index (χ3v) is 3.31. The average molecular weight is 239 g/mol. The fourth-order valence-corrected chi connectivity index (χ4v) is 2.17. The van der Waals surface area contributed by atoms with Crippen LogP contribution in [0.1, 0.15) is 18.4 Å². The average Bonchev–Trinajstić information content (AvgIpc) is 3.23. The number of nitrogens with two attached hydrogens (primary N) is 1. The molecule has 1 saturated carbocycles. The first-order valence-electron chi connectivity index (χ1n) is 6.34. The first kappa shape index (κ1) is 11.1. The summed E-state index contributed by atoms with van der Waals surface area (Å²) in [5.41, 5.74) is 9.09. The van der Waals surface area contributed by atoms with Crippen LogP contribution in [-0.4, -0.2) is 11.0 Å². The summed E-state index contributed by atoms with van der Waals surface area (Å²) in [7, 11) is 0. The minimum atomic E-state index is 0.685. The second-order valence-corrected chi connectivity index (χ2v) is 4.81. The lowest BCUT2D eigenvalue weighted by Gasteiger charge is -2.24. The number of benzene rings is 1. The molecule has 0 saturated heterocycles. The van der Waals surface area contributed by atoms with Gasteiger partial charge >= 0.3 is 0 Å². The van der Waals surface area contributed by atoms with Gasteiger partial charge in [0.15, 0.2) is 0 Å². The molecule has 1 aliphatic rings. The van der Waals surface area contributed by atoms with E-state index in [-0.39, 0.29) is 0 Å². The molecule has 3 nitrogen and oxygen atoms in total. The van der Waals surface area contributed by atoms with E-state index in [9.17, 15) is 0 Å². The topological polar surface area (TPSA) is 42.1 Å². The predicted octanol–water partition coefficient (Wildman–Crippen LogP) is 2.83. The van der Waals surface area contributed by atoms with Crippen molar-refractivity contribution in [2.24, 2.45) is 0 Å². The van der Waals surface area contributed by atoms with Gasteiger partial charge in [-0.1, -0.05) is 12.1 Å². The van der Waals surface area contributed by atoms with Crippen LogP contribution in [0.2, 0.25) is 0 Å². The second kappa shape index (κ2) is 4.69. The monoisotopic (exact) mass is 239 g/mol. The molecule has 1 fully saturated rings. The minimum absolute atomic E-state index is 0.685. The van der Waals surface area contributed by atoms with Crippen molar-refractivity contribution in [2.75, 3.05) is 10.6 Å². The summed E-state index contributed by atoms with van der Waals surface area (Å²) >= 11 is 0.